The van der Waals surface area contributed by atoms with Crippen molar-refractivity contribution < 1.29 is 4.79 Å². The Hall–Kier alpha value is -2.91. The van der Waals surface area contributed by atoms with Gasteiger partial charge in [0.15, 0.2) is 11.0 Å². The summed E-state index contributed by atoms with van der Waals surface area (Å²) in [6.07, 6.45) is 1.04. The fourth-order valence-corrected chi connectivity index (χ4v) is 4.23. The van der Waals surface area contributed by atoms with Crippen molar-refractivity contribution in [1.82, 2.24) is 25.1 Å². The van der Waals surface area contributed by atoms with Gasteiger partial charge in [-0.15, -0.1) is 0 Å². The smallest absolute Gasteiger partial charge is 0.196 e. The summed E-state index contributed by atoms with van der Waals surface area (Å²) in [5, 5.41) is 11.2. The SMILES string of the molecule is CCC(=O)Cc1ccc(Sc2nc(Nc3cc(C)[nH]n3)cc(N3CCN(C)CC3)n2)cc1. The third kappa shape index (κ3) is 5.86. The lowest BCUT2D eigenvalue weighted by atomic mass is 10.1. The number of Topliss-reactive ketones (excluding diaryl/α,β-unsaturated/α-hetero) is 1. The second-order valence-corrected chi connectivity index (χ2v) is 9.10. The van der Waals surface area contributed by atoms with Gasteiger partial charge in [-0.2, -0.15) is 5.10 Å². The number of aromatic nitrogens is 4. The van der Waals surface area contributed by atoms with Crippen LogP contribution >= 0.6 is 11.8 Å². The van der Waals surface area contributed by atoms with Crippen molar-refractivity contribution in [2.45, 2.75) is 36.7 Å². The molecule has 0 saturated carbocycles. The summed E-state index contributed by atoms with van der Waals surface area (Å²) in [5.41, 5.74) is 2.02. The van der Waals surface area contributed by atoms with Crippen molar-refractivity contribution in [1.29, 1.82) is 0 Å². The number of ketones is 1. The summed E-state index contributed by atoms with van der Waals surface area (Å²) in [5.74, 6) is 2.60. The molecule has 1 saturated heterocycles. The number of likely N-dealkylation sites (N-methyl/N-ethyl adjacent to an activating group) is 1. The Labute approximate surface area is 192 Å². The quantitative estimate of drug-likeness (QED) is 0.502. The van der Waals surface area contributed by atoms with Crippen LogP contribution in [0.1, 0.15) is 24.6 Å². The molecule has 0 spiro atoms. The van der Waals surface area contributed by atoms with Crippen molar-refractivity contribution in [3.8, 4) is 0 Å². The van der Waals surface area contributed by atoms with Gasteiger partial charge in [-0.05, 0) is 43.4 Å². The zero-order valence-electron chi connectivity index (χ0n) is 18.8. The van der Waals surface area contributed by atoms with E-state index in [1.165, 1.54) is 11.8 Å². The first kappa shape index (κ1) is 22.3. The zero-order valence-corrected chi connectivity index (χ0v) is 19.6. The lowest BCUT2D eigenvalue weighted by Gasteiger charge is -2.33. The fourth-order valence-electron chi connectivity index (χ4n) is 3.47. The topological polar surface area (TPSA) is 90.0 Å². The van der Waals surface area contributed by atoms with Gasteiger partial charge in [0.1, 0.15) is 17.4 Å². The highest BCUT2D eigenvalue weighted by atomic mass is 32.2. The highest BCUT2D eigenvalue weighted by Gasteiger charge is 2.18. The number of hydrogen-bond donors (Lipinski definition) is 2. The molecule has 4 rings (SSSR count). The molecule has 32 heavy (non-hydrogen) atoms. The van der Waals surface area contributed by atoms with Gasteiger partial charge in [0.05, 0.1) is 0 Å². The summed E-state index contributed by atoms with van der Waals surface area (Å²) < 4.78 is 0. The van der Waals surface area contributed by atoms with E-state index >= 15 is 0 Å². The predicted molar refractivity (Wildman–Crippen MR) is 128 cm³/mol. The summed E-state index contributed by atoms with van der Waals surface area (Å²) in [6.45, 7) is 7.73. The number of carbonyl (C=O) groups is 1. The lowest BCUT2D eigenvalue weighted by Crippen LogP contribution is -2.44. The Morgan fingerprint density at radius 2 is 1.84 bits per heavy atom. The van der Waals surface area contributed by atoms with Crippen LogP contribution in [0.15, 0.2) is 46.5 Å². The van der Waals surface area contributed by atoms with E-state index in [4.69, 9.17) is 9.97 Å². The van der Waals surface area contributed by atoms with Gasteiger partial charge in [0.2, 0.25) is 0 Å². The summed E-state index contributed by atoms with van der Waals surface area (Å²) in [6, 6.07) is 12.0. The first-order valence-electron chi connectivity index (χ1n) is 10.9. The molecule has 8 nitrogen and oxygen atoms in total. The van der Waals surface area contributed by atoms with Crippen LogP contribution in [0.25, 0.3) is 0 Å². The molecule has 2 N–H and O–H groups in total. The molecule has 0 radical (unpaired) electrons. The van der Waals surface area contributed by atoms with Gasteiger partial charge >= 0.3 is 0 Å². The van der Waals surface area contributed by atoms with Gasteiger partial charge in [-0.25, -0.2) is 9.97 Å². The van der Waals surface area contributed by atoms with E-state index in [-0.39, 0.29) is 5.78 Å². The number of anilines is 3. The Morgan fingerprint density at radius 3 is 2.50 bits per heavy atom. The van der Waals surface area contributed by atoms with Crippen molar-refractivity contribution in [3.63, 3.8) is 0 Å². The number of nitrogens with one attached hydrogen (secondary N) is 2. The monoisotopic (exact) mass is 451 g/mol. The number of rotatable bonds is 8. The molecule has 0 aliphatic carbocycles. The maximum atomic E-state index is 11.7. The number of H-pyrrole nitrogens is 1. The van der Waals surface area contributed by atoms with Crippen LogP contribution in [-0.2, 0) is 11.2 Å². The van der Waals surface area contributed by atoms with Crippen molar-refractivity contribution in [2.75, 3.05) is 43.4 Å². The fraction of sp³-hybridized carbons (Fsp3) is 0.391. The Balaban J connectivity index is 1.56. The van der Waals surface area contributed by atoms with Crippen LogP contribution in [0.2, 0.25) is 0 Å². The van der Waals surface area contributed by atoms with Gasteiger partial charge < -0.3 is 15.1 Å². The summed E-state index contributed by atoms with van der Waals surface area (Å²) in [7, 11) is 2.14. The van der Waals surface area contributed by atoms with E-state index in [0.29, 0.717) is 23.8 Å². The molecule has 1 aromatic carbocycles. The van der Waals surface area contributed by atoms with Crippen LogP contribution < -0.4 is 10.2 Å². The number of piperazine rings is 1. The molecule has 3 heterocycles. The maximum Gasteiger partial charge on any atom is 0.196 e. The number of benzene rings is 1. The molecule has 168 valence electrons. The largest absolute Gasteiger partial charge is 0.354 e. The summed E-state index contributed by atoms with van der Waals surface area (Å²) in [4.78, 5) is 26.9. The van der Waals surface area contributed by atoms with Crippen LogP contribution in [0.5, 0.6) is 0 Å². The number of carbonyl (C=O) groups excluding carboxylic acids is 1. The van der Waals surface area contributed by atoms with E-state index in [0.717, 1.165) is 54.0 Å². The third-order valence-corrected chi connectivity index (χ3v) is 6.28. The first-order valence-corrected chi connectivity index (χ1v) is 11.7. The molecule has 2 aromatic heterocycles. The van der Waals surface area contributed by atoms with Crippen molar-refractivity contribution >= 4 is 35.0 Å². The minimum absolute atomic E-state index is 0.248. The Morgan fingerprint density at radius 1 is 1.09 bits per heavy atom. The lowest BCUT2D eigenvalue weighted by molar-refractivity contribution is -0.118. The highest BCUT2D eigenvalue weighted by Crippen LogP contribution is 2.29. The molecule has 0 unspecified atom stereocenters. The normalized spacial score (nSPS) is 14.5. The first-order chi connectivity index (χ1) is 15.5. The Kier molecular flexibility index (Phi) is 7.06. The van der Waals surface area contributed by atoms with E-state index in [2.05, 4.69) is 32.4 Å². The molecule has 1 aliphatic rings. The standard InChI is InChI=1S/C23H29N7OS/c1-4-18(31)14-17-5-7-19(8-6-17)32-23-25-20(24-21-13-16(2)27-28-21)15-22(26-23)30-11-9-29(3)10-12-30/h5-8,13,15H,4,9-12,14H2,1-3H3,(H2,24,25,26,27,28). The van der Waals surface area contributed by atoms with Crippen LogP contribution in [-0.4, -0.2) is 64.1 Å². The molecule has 0 amide bonds. The minimum Gasteiger partial charge on any atom is -0.354 e. The van der Waals surface area contributed by atoms with Gasteiger partial charge in [-0.3, -0.25) is 9.89 Å². The third-order valence-electron chi connectivity index (χ3n) is 5.41. The van der Waals surface area contributed by atoms with Crippen LogP contribution in [0.3, 0.4) is 0 Å². The van der Waals surface area contributed by atoms with E-state index in [1.54, 1.807) is 0 Å². The number of nitrogens with zero attached hydrogens (tertiary/aromatic N) is 5. The van der Waals surface area contributed by atoms with E-state index in [9.17, 15) is 4.79 Å². The second-order valence-electron chi connectivity index (χ2n) is 8.06. The predicted octanol–water partition coefficient (Wildman–Crippen LogP) is 3.68. The van der Waals surface area contributed by atoms with Gasteiger partial charge in [-0.1, -0.05) is 19.1 Å². The van der Waals surface area contributed by atoms with Crippen LogP contribution in [0, 0.1) is 6.92 Å². The summed E-state index contributed by atoms with van der Waals surface area (Å²) >= 11 is 1.52. The second kappa shape index (κ2) is 10.1. The number of aromatic amines is 1. The molecule has 1 fully saturated rings. The maximum absolute atomic E-state index is 11.7. The minimum atomic E-state index is 0.248. The molecular weight excluding hydrogens is 422 g/mol. The average molecular weight is 452 g/mol. The van der Waals surface area contributed by atoms with Gasteiger partial charge in [0.25, 0.3) is 0 Å². The van der Waals surface area contributed by atoms with Gasteiger partial charge in [0, 0.05) is 61.7 Å². The number of hydrogen-bond acceptors (Lipinski definition) is 8. The molecular formula is C23H29N7OS. The molecule has 0 atom stereocenters. The molecule has 1 aliphatic heterocycles. The molecule has 3 aromatic rings. The average Bonchev–Trinajstić information content (AvgIpc) is 3.19. The molecule has 9 heteroatoms. The van der Waals surface area contributed by atoms with Crippen molar-refractivity contribution in [3.05, 3.63) is 47.7 Å². The Bertz CT molecular complexity index is 1060. The highest BCUT2D eigenvalue weighted by molar-refractivity contribution is 7.99. The van der Waals surface area contributed by atoms with E-state index < -0.39 is 0 Å². The number of aryl methyl sites for hydroxylation is 1. The van der Waals surface area contributed by atoms with Crippen molar-refractivity contribution in [2.24, 2.45) is 0 Å². The zero-order chi connectivity index (χ0) is 22.5. The van der Waals surface area contributed by atoms with Crippen LogP contribution in [0.4, 0.5) is 17.5 Å². The molecule has 0 bridgehead atoms. The van der Waals surface area contributed by atoms with E-state index in [1.807, 2.05) is 50.2 Å².